The van der Waals surface area contributed by atoms with Crippen molar-refractivity contribution in [2.24, 2.45) is 5.92 Å². The molecule has 0 N–H and O–H groups in total. The van der Waals surface area contributed by atoms with E-state index in [9.17, 15) is 4.79 Å². The number of carbonyl (C=O) groups excluding carboxylic acids is 1. The molecule has 0 bridgehead atoms. The third-order valence-corrected chi connectivity index (χ3v) is 9.53. The Hall–Kier alpha value is -4.17. The molecule has 0 saturated heterocycles. The van der Waals surface area contributed by atoms with Gasteiger partial charge in [-0.15, -0.1) is 0 Å². The number of nitrogens with zero attached hydrogens (tertiary/aromatic N) is 1. The van der Waals surface area contributed by atoms with Gasteiger partial charge in [0.25, 0.3) is 0 Å². The maximum absolute atomic E-state index is 14.9. The lowest BCUT2D eigenvalue weighted by Crippen LogP contribution is -2.62. The molecular formula is C38H37NO. The number of anilines is 1. The van der Waals surface area contributed by atoms with E-state index in [1.54, 1.807) is 0 Å². The van der Waals surface area contributed by atoms with E-state index in [2.05, 4.69) is 125 Å². The zero-order chi connectivity index (χ0) is 28.1. The molecule has 1 aliphatic carbocycles. The third kappa shape index (κ3) is 3.81. The molecule has 1 aliphatic heterocycles. The molecule has 2 nitrogen and oxygen atoms in total. The van der Waals surface area contributed by atoms with Gasteiger partial charge in [0.2, 0.25) is 0 Å². The highest BCUT2D eigenvalue weighted by atomic mass is 16.1. The first-order chi connectivity index (χ1) is 19.3. The summed E-state index contributed by atoms with van der Waals surface area (Å²) in [4.78, 5) is 17.4. The summed E-state index contributed by atoms with van der Waals surface area (Å²) in [6.07, 6.45) is 5.59. The van der Waals surface area contributed by atoms with Crippen LogP contribution in [-0.4, -0.2) is 18.4 Å². The van der Waals surface area contributed by atoms with Crippen LogP contribution in [0.25, 0.3) is 11.1 Å². The number of benzene rings is 4. The molecule has 0 radical (unpaired) electrons. The summed E-state index contributed by atoms with van der Waals surface area (Å²) in [7, 11) is 2.19. The number of allylic oxidation sites excluding steroid dienone is 2. The van der Waals surface area contributed by atoms with Crippen LogP contribution in [0.4, 0.5) is 5.69 Å². The second-order valence-electron chi connectivity index (χ2n) is 11.7. The Balaban J connectivity index is 1.69. The Morgan fingerprint density at radius 3 is 2.02 bits per heavy atom. The summed E-state index contributed by atoms with van der Waals surface area (Å²) in [5.74, 6) is -0.247. The predicted molar refractivity (Wildman–Crippen MR) is 168 cm³/mol. The molecule has 1 heterocycles. The van der Waals surface area contributed by atoms with Gasteiger partial charge in [0, 0.05) is 23.7 Å². The van der Waals surface area contributed by atoms with Crippen molar-refractivity contribution < 1.29 is 4.79 Å². The number of Topliss-reactive ketones (excluding diaryl/α,β-unsaturated/α-hetero) is 1. The zero-order valence-electron chi connectivity index (χ0n) is 24.1. The van der Waals surface area contributed by atoms with Crippen LogP contribution in [0.3, 0.4) is 0 Å². The molecule has 6 rings (SSSR count). The fraction of sp³-hybridized carbons (Fsp3) is 0.237. The number of ketones is 1. The van der Waals surface area contributed by atoms with Crippen molar-refractivity contribution in [3.63, 3.8) is 0 Å². The van der Waals surface area contributed by atoms with Crippen LogP contribution < -0.4 is 4.90 Å². The monoisotopic (exact) mass is 523 g/mol. The highest BCUT2D eigenvalue weighted by Gasteiger charge is 2.63. The molecule has 0 unspecified atom stereocenters. The van der Waals surface area contributed by atoms with Crippen LogP contribution >= 0.6 is 0 Å². The normalized spacial score (nSPS) is 23.5. The highest BCUT2D eigenvalue weighted by Crippen LogP contribution is 2.61. The number of hydrogen-bond acceptors (Lipinski definition) is 2. The molecule has 200 valence electrons. The summed E-state index contributed by atoms with van der Waals surface area (Å²) < 4.78 is 0. The molecule has 0 aromatic heterocycles. The van der Waals surface area contributed by atoms with E-state index in [0.717, 1.165) is 34.3 Å². The summed E-state index contributed by atoms with van der Waals surface area (Å²) in [6.45, 7) is 8.82. The third-order valence-electron chi connectivity index (χ3n) is 9.53. The lowest BCUT2D eigenvalue weighted by molar-refractivity contribution is 0.0877. The highest BCUT2D eigenvalue weighted by molar-refractivity contribution is 6.10. The number of hydrogen-bond donors (Lipinski definition) is 0. The minimum Gasteiger partial charge on any atom is -0.363 e. The topological polar surface area (TPSA) is 20.3 Å². The van der Waals surface area contributed by atoms with Crippen LogP contribution in [0, 0.1) is 19.8 Å². The van der Waals surface area contributed by atoms with Crippen LogP contribution in [0.1, 0.15) is 58.4 Å². The smallest absolute Gasteiger partial charge is 0.173 e. The first-order valence-electron chi connectivity index (χ1n) is 14.3. The minimum atomic E-state index is -0.618. The molecule has 2 aliphatic rings. The quantitative estimate of drug-likeness (QED) is 0.244. The predicted octanol–water partition coefficient (Wildman–Crippen LogP) is 8.84. The van der Waals surface area contributed by atoms with Crippen molar-refractivity contribution in [3.8, 4) is 0 Å². The van der Waals surface area contributed by atoms with E-state index in [0.29, 0.717) is 0 Å². The number of likely N-dealkylation sites (N-methyl/N-ethyl adjacent to an activating group) is 1. The number of carbonyl (C=O) groups is 1. The molecule has 0 saturated carbocycles. The van der Waals surface area contributed by atoms with Crippen molar-refractivity contribution in [2.45, 2.75) is 45.1 Å². The molecule has 4 aromatic rings. The molecule has 2 heteroatoms. The number of fused-ring (bicyclic) bond motifs is 1. The lowest BCUT2D eigenvalue weighted by atomic mass is 9.55. The number of rotatable bonds is 5. The van der Waals surface area contributed by atoms with Gasteiger partial charge in [0.05, 0.1) is 11.5 Å². The van der Waals surface area contributed by atoms with E-state index < -0.39 is 11.5 Å². The zero-order valence-corrected chi connectivity index (χ0v) is 24.1. The lowest BCUT2D eigenvalue weighted by Gasteiger charge is -2.53. The summed E-state index contributed by atoms with van der Waals surface area (Å²) in [5.41, 5.74) is 9.20. The van der Waals surface area contributed by atoms with Gasteiger partial charge in [-0.1, -0.05) is 122 Å². The van der Waals surface area contributed by atoms with Gasteiger partial charge in [-0.05, 0) is 66.3 Å². The van der Waals surface area contributed by atoms with Crippen LogP contribution in [0.2, 0.25) is 0 Å². The van der Waals surface area contributed by atoms with E-state index in [-0.39, 0.29) is 11.2 Å². The second kappa shape index (κ2) is 9.78. The maximum atomic E-state index is 14.9. The van der Waals surface area contributed by atoms with Gasteiger partial charge in [-0.3, -0.25) is 4.79 Å². The Morgan fingerprint density at radius 1 is 0.775 bits per heavy atom. The van der Waals surface area contributed by atoms with E-state index >= 15 is 0 Å². The van der Waals surface area contributed by atoms with Gasteiger partial charge in [0.1, 0.15) is 0 Å². The minimum absolute atomic E-state index is 0.161. The molecule has 1 spiro atoms. The SMILES string of the molecule is CC[C@]1(C)c2ccccc2N(C)[C@]12C=C(c1ccc(C)cc1)C=C(c1ccccc1)[C@H]2C(=O)c1ccc(C)cc1. The Morgan fingerprint density at radius 2 is 1.38 bits per heavy atom. The summed E-state index contributed by atoms with van der Waals surface area (Å²) >= 11 is 0. The van der Waals surface area contributed by atoms with Gasteiger partial charge < -0.3 is 4.90 Å². The Kier molecular flexibility index (Phi) is 6.38. The molecular weight excluding hydrogens is 486 g/mol. The van der Waals surface area contributed by atoms with Crippen molar-refractivity contribution in [2.75, 3.05) is 11.9 Å². The average molecular weight is 524 g/mol. The second-order valence-corrected chi connectivity index (χ2v) is 11.7. The maximum Gasteiger partial charge on any atom is 0.173 e. The van der Waals surface area contributed by atoms with Gasteiger partial charge in [-0.25, -0.2) is 0 Å². The molecule has 4 aromatic carbocycles. The van der Waals surface area contributed by atoms with Crippen molar-refractivity contribution in [3.05, 3.63) is 149 Å². The van der Waals surface area contributed by atoms with E-state index in [4.69, 9.17) is 0 Å². The standard InChI is InChI=1S/C38H37NO/c1-6-37(4)33-14-10-11-15-34(33)39(5)38(37)25-31(28-20-16-26(2)17-21-28)24-32(29-12-8-7-9-13-29)35(38)36(40)30-22-18-27(3)19-23-30/h7-25,35H,6H2,1-5H3/t35-,37+,38-/m0/s1. The first-order valence-corrected chi connectivity index (χ1v) is 14.3. The Labute approximate surface area is 238 Å². The van der Waals surface area contributed by atoms with Crippen LogP contribution in [-0.2, 0) is 5.41 Å². The van der Waals surface area contributed by atoms with Gasteiger partial charge in [-0.2, -0.15) is 0 Å². The number of para-hydroxylation sites is 1. The van der Waals surface area contributed by atoms with E-state index in [1.807, 2.05) is 30.3 Å². The molecule has 40 heavy (non-hydrogen) atoms. The van der Waals surface area contributed by atoms with Crippen LogP contribution in [0.15, 0.2) is 115 Å². The largest absolute Gasteiger partial charge is 0.363 e. The average Bonchev–Trinajstić information content (AvgIpc) is 3.17. The number of aryl methyl sites for hydroxylation is 2. The van der Waals surface area contributed by atoms with Crippen molar-refractivity contribution in [1.29, 1.82) is 0 Å². The van der Waals surface area contributed by atoms with Crippen molar-refractivity contribution in [1.82, 2.24) is 0 Å². The Bertz CT molecular complexity index is 1630. The van der Waals surface area contributed by atoms with Gasteiger partial charge >= 0.3 is 0 Å². The summed E-state index contributed by atoms with van der Waals surface area (Å²) in [5, 5.41) is 0. The molecule has 3 atom stereocenters. The van der Waals surface area contributed by atoms with Crippen LogP contribution in [0.5, 0.6) is 0 Å². The molecule has 0 amide bonds. The fourth-order valence-electron chi connectivity index (χ4n) is 7.13. The fourth-order valence-corrected chi connectivity index (χ4v) is 7.13. The summed E-state index contributed by atoms with van der Waals surface area (Å²) in [6, 6.07) is 36.1. The van der Waals surface area contributed by atoms with Gasteiger partial charge in [0.15, 0.2) is 5.78 Å². The first kappa shape index (κ1) is 26.1. The molecule has 0 fully saturated rings. The van der Waals surface area contributed by atoms with E-state index in [1.165, 1.54) is 22.4 Å². The van der Waals surface area contributed by atoms with Crippen molar-refractivity contribution >= 4 is 22.6 Å².